The Balaban J connectivity index is 2.09. The van der Waals surface area contributed by atoms with E-state index in [0.29, 0.717) is 17.0 Å². The number of nitrogens with one attached hydrogen (secondary N) is 1. The molecule has 112 valence electrons. The first kappa shape index (κ1) is 16.0. The summed E-state index contributed by atoms with van der Waals surface area (Å²) in [7, 11) is 1.90. The molecule has 0 fully saturated rings. The Labute approximate surface area is 131 Å². The van der Waals surface area contributed by atoms with E-state index in [1.807, 2.05) is 7.05 Å². The Morgan fingerprint density at radius 3 is 2.29 bits per heavy atom. The lowest BCUT2D eigenvalue weighted by atomic mass is 9.98. The topological polar surface area (TPSA) is 12.0 Å². The van der Waals surface area contributed by atoms with Crippen LogP contribution in [0.5, 0.6) is 0 Å². The Bertz CT molecular complexity index is 560. The third-order valence-corrected chi connectivity index (χ3v) is 4.19. The molecule has 1 N–H and O–H groups in total. The molecule has 3 heteroatoms. The van der Waals surface area contributed by atoms with Crippen LogP contribution in [0.4, 0.5) is 4.39 Å². The lowest BCUT2D eigenvalue weighted by Gasteiger charge is -2.18. The lowest BCUT2D eigenvalue weighted by molar-refractivity contribution is 0.532. The molecule has 0 bridgehead atoms. The standard InChI is InChI=1S/C18H21ClFN/c1-3-13-7-9-14(10-8-13)11-15(21-2)12-16-17(19)5-4-6-18(16)20/h4-10,15,21H,3,11-12H2,1-2H3. The number of likely N-dealkylation sites (N-methyl/N-ethyl adjacent to an activating group) is 1. The highest BCUT2D eigenvalue weighted by molar-refractivity contribution is 6.31. The Morgan fingerprint density at radius 2 is 1.71 bits per heavy atom. The zero-order chi connectivity index (χ0) is 15.2. The number of halogens is 2. The van der Waals surface area contributed by atoms with Gasteiger partial charge in [-0.25, -0.2) is 4.39 Å². The molecule has 2 aromatic rings. The van der Waals surface area contributed by atoms with Crippen molar-refractivity contribution >= 4 is 11.6 Å². The van der Waals surface area contributed by atoms with Gasteiger partial charge in [0.2, 0.25) is 0 Å². The molecule has 2 aromatic carbocycles. The van der Waals surface area contributed by atoms with Crippen LogP contribution in [0, 0.1) is 5.82 Å². The van der Waals surface area contributed by atoms with E-state index in [0.717, 1.165) is 12.8 Å². The van der Waals surface area contributed by atoms with Gasteiger partial charge in [-0.15, -0.1) is 0 Å². The second-order valence-corrected chi connectivity index (χ2v) is 5.67. The predicted octanol–water partition coefficient (Wildman–Crippen LogP) is 4.41. The zero-order valence-corrected chi connectivity index (χ0v) is 13.3. The summed E-state index contributed by atoms with van der Waals surface area (Å²) >= 11 is 6.11. The van der Waals surface area contributed by atoms with Gasteiger partial charge >= 0.3 is 0 Å². The van der Waals surface area contributed by atoms with Gasteiger partial charge in [-0.2, -0.15) is 0 Å². The molecule has 1 atom stereocenters. The van der Waals surface area contributed by atoms with Gasteiger partial charge in [-0.1, -0.05) is 48.9 Å². The molecule has 0 aliphatic rings. The maximum atomic E-state index is 13.9. The van der Waals surface area contributed by atoms with Gasteiger partial charge in [-0.3, -0.25) is 0 Å². The second kappa shape index (κ2) is 7.58. The quantitative estimate of drug-likeness (QED) is 0.833. The van der Waals surface area contributed by atoms with Gasteiger partial charge in [0, 0.05) is 16.6 Å². The SMILES string of the molecule is CCc1ccc(CC(Cc2c(F)cccc2Cl)NC)cc1. The van der Waals surface area contributed by atoms with Gasteiger partial charge in [-0.05, 0) is 49.6 Å². The first-order chi connectivity index (χ1) is 10.1. The van der Waals surface area contributed by atoms with Crippen molar-refractivity contribution in [2.45, 2.75) is 32.2 Å². The molecular formula is C18H21ClFN. The van der Waals surface area contributed by atoms with Crippen molar-refractivity contribution in [2.75, 3.05) is 7.05 Å². The van der Waals surface area contributed by atoms with Crippen molar-refractivity contribution in [3.8, 4) is 0 Å². The Hall–Kier alpha value is -1.38. The van der Waals surface area contributed by atoms with Crippen molar-refractivity contribution in [1.29, 1.82) is 0 Å². The molecule has 1 nitrogen and oxygen atoms in total. The third-order valence-electron chi connectivity index (χ3n) is 3.83. The monoisotopic (exact) mass is 305 g/mol. The third kappa shape index (κ3) is 4.29. The molecule has 2 rings (SSSR count). The molecule has 0 aliphatic heterocycles. The summed E-state index contributed by atoms with van der Waals surface area (Å²) in [5.41, 5.74) is 3.17. The van der Waals surface area contributed by atoms with Crippen LogP contribution in [0.1, 0.15) is 23.6 Å². The number of aryl methyl sites for hydroxylation is 1. The highest BCUT2D eigenvalue weighted by Crippen LogP contribution is 2.21. The summed E-state index contributed by atoms with van der Waals surface area (Å²) in [6.45, 7) is 2.14. The van der Waals surface area contributed by atoms with Crippen molar-refractivity contribution in [3.63, 3.8) is 0 Å². The number of hydrogen-bond acceptors (Lipinski definition) is 1. The van der Waals surface area contributed by atoms with E-state index in [-0.39, 0.29) is 11.9 Å². The molecule has 21 heavy (non-hydrogen) atoms. The van der Waals surface area contributed by atoms with E-state index in [4.69, 9.17) is 11.6 Å². The van der Waals surface area contributed by atoms with Crippen molar-refractivity contribution < 1.29 is 4.39 Å². The molecule has 0 saturated carbocycles. The molecule has 1 unspecified atom stereocenters. The summed E-state index contributed by atoms with van der Waals surface area (Å²) in [5.74, 6) is -0.232. The van der Waals surface area contributed by atoms with Gasteiger partial charge in [0.25, 0.3) is 0 Å². The smallest absolute Gasteiger partial charge is 0.127 e. The molecular weight excluding hydrogens is 285 g/mol. The summed E-state index contributed by atoms with van der Waals surface area (Å²) in [4.78, 5) is 0. The van der Waals surface area contributed by atoms with Gasteiger partial charge in [0.05, 0.1) is 0 Å². The minimum atomic E-state index is -0.232. The van der Waals surface area contributed by atoms with Crippen LogP contribution in [0.3, 0.4) is 0 Å². The lowest BCUT2D eigenvalue weighted by Crippen LogP contribution is -2.30. The van der Waals surface area contributed by atoms with E-state index in [1.54, 1.807) is 12.1 Å². The van der Waals surface area contributed by atoms with E-state index >= 15 is 0 Å². The van der Waals surface area contributed by atoms with Crippen LogP contribution in [0.15, 0.2) is 42.5 Å². The minimum Gasteiger partial charge on any atom is -0.316 e. The molecule has 0 spiro atoms. The highest BCUT2D eigenvalue weighted by Gasteiger charge is 2.14. The molecule has 0 radical (unpaired) electrons. The molecule has 0 aliphatic carbocycles. The average molecular weight is 306 g/mol. The van der Waals surface area contributed by atoms with E-state index < -0.39 is 0 Å². The van der Waals surface area contributed by atoms with E-state index in [2.05, 4.69) is 36.5 Å². The van der Waals surface area contributed by atoms with Gasteiger partial charge in [0.1, 0.15) is 5.82 Å². The highest BCUT2D eigenvalue weighted by atomic mass is 35.5. The van der Waals surface area contributed by atoms with E-state index in [1.165, 1.54) is 17.2 Å². The maximum absolute atomic E-state index is 13.9. The first-order valence-corrected chi connectivity index (χ1v) is 7.69. The average Bonchev–Trinajstić information content (AvgIpc) is 2.50. The fourth-order valence-electron chi connectivity index (χ4n) is 2.45. The number of benzene rings is 2. The fourth-order valence-corrected chi connectivity index (χ4v) is 2.69. The van der Waals surface area contributed by atoms with Gasteiger partial charge < -0.3 is 5.32 Å². The summed E-state index contributed by atoms with van der Waals surface area (Å²) in [6, 6.07) is 13.6. The summed E-state index contributed by atoms with van der Waals surface area (Å²) < 4.78 is 13.9. The van der Waals surface area contributed by atoms with Crippen LogP contribution >= 0.6 is 11.6 Å². The molecule has 0 heterocycles. The predicted molar refractivity (Wildman–Crippen MR) is 87.5 cm³/mol. The number of hydrogen-bond donors (Lipinski definition) is 1. The van der Waals surface area contributed by atoms with Crippen molar-refractivity contribution in [3.05, 3.63) is 70.0 Å². The molecule has 0 aromatic heterocycles. The fraction of sp³-hybridized carbons (Fsp3) is 0.333. The van der Waals surface area contributed by atoms with Crippen LogP contribution in [0.25, 0.3) is 0 Å². The molecule has 0 amide bonds. The van der Waals surface area contributed by atoms with Crippen molar-refractivity contribution in [2.24, 2.45) is 0 Å². The maximum Gasteiger partial charge on any atom is 0.127 e. The normalized spacial score (nSPS) is 12.4. The minimum absolute atomic E-state index is 0.159. The zero-order valence-electron chi connectivity index (χ0n) is 12.5. The number of rotatable bonds is 6. The molecule has 0 saturated heterocycles. The van der Waals surface area contributed by atoms with E-state index in [9.17, 15) is 4.39 Å². The summed E-state index contributed by atoms with van der Waals surface area (Å²) in [6.07, 6.45) is 2.48. The Morgan fingerprint density at radius 1 is 1.05 bits per heavy atom. The Kier molecular flexibility index (Phi) is 5.77. The van der Waals surface area contributed by atoms with Gasteiger partial charge in [0.15, 0.2) is 0 Å². The second-order valence-electron chi connectivity index (χ2n) is 5.26. The largest absolute Gasteiger partial charge is 0.316 e. The first-order valence-electron chi connectivity index (χ1n) is 7.32. The van der Waals surface area contributed by atoms with Crippen LogP contribution < -0.4 is 5.32 Å². The van der Waals surface area contributed by atoms with Crippen molar-refractivity contribution in [1.82, 2.24) is 5.32 Å². The van der Waals surface area contributed by atoms with Crippen LogP contribution in [0.2, 0.25) is 5.02 Å². The summed E-state index contributed by atoms with van der Waals surface area (Å²) in [5, 5.41) is 3.75. The van der Waals surface area contributed by atoms with Crippen LogP contribution in [-0.2, 0) is 19.3 Å². The van der Waals surface area contributed by atoms with Crippen LogP contribution in [-0.4, -0.2) is 13.1 Å².